The van der Waals surface area contributed by atoms with Crippen LogP contribution in [0, 0.1) is 11.7 Å². The summed E-state index contributed by atoms with van der Waals surface area (Å²) in [6.45, 7) is 4.45. The standard InChI is InChI=1S/C17H25BrFN3O2.HI/c1-20-17(22-10-14-9-15(19)3-4-16(14)18)21-6-2-7-23-11-13-5-8-24-12-13;/h3-4,9,13H,2,5-8,10-12H2,1H3,(H2,20,21,22);1H. The van der Waals surface area contributed by atoms with Gasteiger partial charge in [-0.15, -0.1) is 24.0 Å². The number of nitrogens with one attached hydrogen (secondary N) is 2. The first-order chi connectivity index (χ1) is 11.7. The van der Waals surface area contributed by atoms with Crippen molar-refractivity contribution >= 4 is 45.9 Å². The molecule has 0 bridgehead atoms. The van der Waals surface area contributed by atoms with E-state index >= 15 is 0 Å². The monoisotopic (exact) mass is 529 g/mol. The molecule has 1 atom stereocenters. The van der Waals surface area contributed by atoms with Crippen molar-refractivity contribution in [3.8, 4) is 0 Å². The minimum atomic E-state index is -0.247. The molecule has 0 aliphatic carbocycles. The highest BCUT2D eigenvalue weighted by Crippen LogP contribution is 2.17. The summed E-state index contributed by atoms with van der Waals surface area (Å²) in [7, 11) is 1.71. The normalized spacial score (nSPS) is 17.2. The van der Waals surface area contributed by atoms with Gasteiger partial charge >= 0.3 is 0 Å². The van der Waals surface area contributed by atoms with Crippen molar-refractivity contribution in [2.75, 3.05) is 40.0 Å². The van der Waals surface area contributed by atoms with Gasteiger partial charge in [0.2, 0.25) is 0 Å². The van der Waals surface area contributed by atoms with Crippen molar-refractivity contribution < 1.29 is 13.9 Å². The van der Waals surface area contributed by atoms with Gasteiger partial charge in [-0.1, -0.05) is 15.9 Å². The molecule has 8 heteroatoms. The molecule has 1 aromatic rings. The third-order valence-electron chi connectivity index (χ3n) is 3.81. The minimum Gasteiger partial charge on any atom is -0.381 e. The van der Waals surface area contributed by atoms with E-state index in [2.05, 4.69) is 31.6 Å². The summed E-state index contributed by atoms with van der Waals surface area (Å²) < 4.78 is 25.1. The maximum atomic E-state index is 13.3. The molecule has 1 aliphatic heterocycles. The van der Waals surface area contributed by atoms with Crippen LogP contribution in [0.4, 0.5) is 4.39 Å². The van der Waals surface area contributed by atoms with Gasteiger partial charge in [0.15, 0.2) is 5.96 Å². The lowest BCUT2D eigenvalue weighted by Crippen LogP contribution is -2.37. The second kappa shape index (κ2) is 12.8. The average molecular weight is 530 g/mol. The second-order valence-electron chi connectivity index (χ2n) is 5.75. The lowest BCUT2D eigenvalue weighted by atomic mass is 10.1. The number of halogens is 3. The topological polar surface area (TPSA) is 54.9 Å². The Labute approximate surface area is 174 Å². The summed E-state index contributed by atoms with van der Waals surface area (Å²) >= 11 is 3.42. The van der Waals surface area contributed by atoms with E-state index in [9.17, 15) is 4.39 Å². The maximum absolute atomic E-state index is 13.3. The highest BCUT2D eigenvalue weighted by atomic mass is 127. The molecule has 0 amide bonds. The van der Waals surface area contributed by atoms with Gasteiger partial charge in [0.05, 0.1) is 13.2 Å². The van der Waals surface area contributed by atoms with E-state index in [0.29, 0.717) is 18.4 Å². The van der Waals surface area contributed by atoms with Crippen LogP contribution in [0.1, 0.15) is 18.4 Å². The van der Waals surface area contributed by atoms with Crippen LogP contribution in [-0.2, 0) is 16.0 Å². The molecule has 142 valence electrons. The predicted molar refractivity (Wildman–Crippen MR) is 112 cm³/mol. The Kier molecular flexibility index (Phi) is 11.6. The van der Waals surface area contributed by atoms with Gasteiger partial charge in [-0.2, -0.15) is 0 Å². The average Bonchev–Trinajstić information content (AvgIpc) is 3.09. The summed E-state index contributed by atoms with van der Waals surface area (Å²) in [5.41, 5.74) is 0.847. The smallest absolute Gasteiger partial charge is 0.191 e. The zero-order chi connectivity index (χ0) is 17.2. The number of benzene rings is 1. The number of rotatable bonds is 8. The van der Waals surface area contributed by atoms with Crippen LogP contribution in [0.15, 0.2) is 27.7 Å². The predicted octanol–water partition coefficient (Wildman–Crippen LogP) is 3.31. The zero-order valence-corrected chi connectivity index (χ0v) is 18.3. The minimum absolute atomic E-state index is 0. The number of guanidine groups is 1. The molecule has 25 heavy (non-hydrogen) atoms. The van der Waals surface area contributed by atoms with Crippen LogP contribution in [0.3, 0.4) is 0 Å². The molecular formula is C17H26BrFIN3O2. The van der Waals surface area contributed by atoms with Crippen LogP contribution in [0.5, 0.6) is 0 Å². The molecule has 0 radical (unpaired) electrons. The first kappa shape index (κ1) is 22.6. The summed E-state index contributed by atoms with van der Waals surface area (Å²) in [4.78, 5) is 4.16. The maximum Gasteiger partial charge on any atom is 0.191 e. The lowest BCUT2D eigenvalue weighted by molar-refractivity contribution is 0.0888. The molecule has 1 unspecified atom stereocenters. The number of hydrogen-bond acceptors (Lipinski definition) is 3. The van der Waals surface area contributed by atoms with Gasteiger partial charge in [0, 0.05) is 43.7 Å². The molecule has 1 saturated heterocycles. The van der Waals surface area contributed by atoms with Crippen LogP contribution >= 0.6 is 39.9 Å². The SMILES string of the molecule is CN=C(NCCCOCC1CCOC1)NCc1cc(F)ccc1Br.I. The molecule has 1 heterocycles. The Bertz CT molecular complexity index is 543. The van der Waals surface area contributed by atoms with Crippen molar-refractivity contribution in [1.82, 2.24) is 10.6 Å². The van der Waals surface area contributed by atoms with E-state index in [1.54, 1.807) is 13.1 Å². The van der Waals surface area contributed by atoms with Crippen molar-refractivity contribution in [3.63, 3.8) is 0 Å². The quantitative estimate of drug-likeness (QED) is 0.235. The largest absolute Gasteiger partial charge is 0.381 e. The molecule has 0 spiro atoms. The lowest BCUT2D eigenvalue weighted by Gasteiger charge is -2.13. The van der Waals surface area contributed by atoms with Gasteiger partial charge < -0.3 is 20.1 Å². The number of aliphatic imine (C=N–C) groups is 1. The number of hydrogen-bond donors (Lipinski definition) is 2. The van der Waals surface area contributed by atoms with Crippen molar-refractivity contribution in [2.45, 2.75) is 19.4 Å². The van der Waals surface area contributed by atoms with E-state index in [4.69, 9.17) is 9.47 Å². The molecule has 1 fully saturated rings. The Morgan fingerprint density at radius 3 is 3.00 bits per heavy atom. The van der Waals surface area contributed by atoms with Crippen LogP contribution in [0.25, 0.3) is 0 Å². The van der Waals surface area contributed by atoms with Gasteiger partial charge in [-0.3, -0.25) is 4.99 Å². The van der Waals surface area contributed by atoms with E-state index < -0.39 is 0 Å². The van der Waals surface area contributed by atoms with E-state index in [1.165, 1.54) is 12.1 Å². The number of ether oxygens (including phenoxy) is 2. The van der Waals surface area contributed by atoms with Crippen molar-refractivity contribution in [2.24, 2.45) is 10.9 Å². The van der Waals surface area contributed by atoms with E-state index in [0.717, 1.165) is 55.9 Å². The van der Waals surface area contributed by atoms with Crippen LogP contribution in [-0.4, -0.2) is 46.0 Å². The second-order valence-corrected chi connectivity index (χ2v) is 6.60. The van der Waals surface area contributed by atoms with Gasteiger partial charge in [0.1, 0.15) is 5.82 Å². The first-order valence-electron chi connectivity index (χ1n) is 8.23. The molecule has 2 N–H and O–H groups in total. The fourth-order valence-electron chi connectivity index (χ4n) is 2.42. The Balaban J connectivity index is 0.00000312. The molecule has 0 saturated carbocycles. The van der Waals surface area contributed by atoms with Gasteiger partial charge in [0.25, 0.3) is 0 Å². The first-order valence-corrected chi connectivity index (χ1v) is 9.02. The van der Waals surface area contributed by atoms with E-state index in [-0.39, 0.29) is 29.8 Å². The molecule has 5 nitrogen and oxygen atoms in total. The third kappa shape index (κ3) is 8.65. The fourth-order valence-corrected chi connectivity index (χ4v) is 2.81. The molecule has 0 aromatic heterocycles. The zero-order valence-electron chi connectivity index (χ0n) is 14.4. The highest BCUT2D eigenvalue weighted by Gasteiger charge is 2.15. The molecule has 2 rings (SSSR count). The number of nitrogens with zero attached hydrogens (tertiary/aromatic N) is 1. The van der Waals surface area contributed by atoms with Crippen molar-refractivity contribution in [1.29, 1.82) is 0 Å². The van der Waals surface area contributed by atoms with Crippen molar-refractivity contribution in [3.05, 3.63) is 34.1 Å². The summed E-state index contributed by atoms with van der Waals surface area (Å²) in [5.74, 6) is 0.996. The Morgan fingerprint density at radius 1 is 1.44 bits per heavy atom. The van der Waals surface area contributed by atoms with E-state index in [1.807, 2.05) is 0 Å². The fraction of sp³-hybridized carbons (Fsp3) is 0.588. The van der Waals surface area contributed by atoms with Crippen LogP contribution < -0.4 is 10.6 Å². The summed E-state index contributed by atoms with van der Waals surface area (Å²) in [6.07, 6.45) is 2.00. The Hall–Kier alpha value is -0.450. The summed E-state index contributed by atoms with van der Waals surface area (Å²) in [6, 6.07) is 4.64. The summed E-state index contributed by atoms with van der Waals surface area (Å²) in [5, 5.41) is 6.40. The van der Waals surface area contributed by atoms with Gasteiger partial charge in [-0.25, -0.2) is 4.39 Å². The third-order valence-corrected chi connectivity index (χ3v) is 4.59. The highest BCUT2D eigenvalue weighted by molar-refractivity contribution is 14.0. The Morgan fingerprint density at radius 2 is 2.28 bits per heavy atom. The molecule has 1 aromatic carbocycles. The molecular weight excluding hydrogens is 504 g/mol. The van der Waals surface area contributed by atoms with Crippen LogP contribution in [0.2, 0.25) is 0 Å². The molecule has 1 aliphatic rings. The van der Waals surface area contributed by atoms with Gasteiger partial charge in [-0.05, 0) is 36.6 Å².